The van der Waals surface area contributed by atoms with Gasteiger partial charge in [0.25, 0.3) is 0 Å². The Labute approximate surface area is 326 Å². The lowest BCUT2D eigenvalue weighted by Crippen LogP contribution is -2.06. The van der Waals surface area contributed by atoms with E-state index in [1.807, 2.05) is 36.4 Å². The maximum Gasteiger partial charge on any atom is 0.238 e. The topological polar surface area (TPSA) is 61.7 Å². The Kier molecular flexibility index (Phi) is 6.83. The molecule has 0 bridgehead atoms. The van der Waals surface area contributed by atoms with Crippen LogP contribution in [0.25, 0.3) is 111 Å². The molecule has 0 fully saturated rings. The summed E-state index contributed by atoms with van der Waals surface area (Å²) in [5.74, 6) is 1.70. The van der Waals surface area contributed by atoms with Gasteiger partial charge in [0.05, 0.1) is 22.1 Å². The van der Waals surface area contributed by atoms with E-state index in [1.54, 1.807) is 0 Å². The van der Waals surface area contributed by atoms with Gasteiger partial charge < -0.3 is 8.98 Å². The molecule has 266 valence electrons. The Morgan fingerprint density at radius 1 is 0.386 bits per heavy atom. The first-order valence-corrected chi connectivity index (χ1v) is 19.1. The standard InChI is InChI=1S/C51H31N5O/c1-4-15-32(16-5-1)36-23-14-24-40-38-28-27-34(31-45(38)57-48(36)40)50-52-49(33-17-6-2-7-18-33)53-51(54-50)56-42-25-12-10-21-37(42)39-29-30-44-46(47(39)56)41-22-11-13-26-43(41)55(44)35-19-8-3-9-20-35/h1-31H. The Balaban J connectivity index is 1.15. The molecule has 12 rings (SSSR count). The van der Waals surface area contributed by atoms with Crippen LogP contribution in [0.4, 0.5) is 0 Å². The Morgan fingerprint density at radius 3 is 1.77 bits per heavy atom. The number of para-hydroxylation sites is 4. The highest BCUT2D eigenvalue weighted by atomic mass is 16.3. The fourth-order valence-corrected chi connectivity index (χ4v) is 8.66. The monoisotopic (exact) mass is 729 g/mol. The van der Waals surface area contributed by atoms with Crippen LogP contribution in [0, 0.1) is 0 Å². The first kappa shape index (κ1) is 31.5. The quantitative estimate of drug-likeness (QED) is 0.177. The average Bonchev–Trinajstić information content (AvgIpc) is 3.94. The van der Waals surface area contributed by atoms with Gasteiger partial charge in [0.15, 0.2) is 11.6 Å². The number of furan rings is 1. The van der Waals surface area contributed by atoms with Crippen molar-refractivity contribution in [3.05, 3.63) is 188 Å². The van der Waals surface area contributed by atoms with Crippen LogP contribution in [0.2, 0.25) is 0 Å². The van der Waals surface area contributed by atoms with E-state index in [4.69, 9.17) is 19.4 Å². The summed E-state index contributed by atoms with van der Waals surface area (Å²) < 4.78 is 11.3. The number of benzene rings is 8. The smallest absolute Gasteiger partial charge is 0.238 e. The highest BCUT2D eigenvalue weighted by molar-refractivity contribution is 6.26. The third kappa shape index (κ3) is 4.81. The van der Waals surface area contributed by atoms with Crippen LogP contribution in [-0.4, -0.2) is 24.1 Å². The molecule has 0 spiro atoms. The maximum absolute atomic E-state index is 6.68. The van der Waals surface area contributed by atoms with Crippen molar-refractivity contribution in [1.29, 1.82) is 0 Å². The summed E-state index contributed by atoms with van der Waals surface area (Å²) in [6, 6.07) is 65.4. The third-order valence-corrected chi connectivity index (χ3v) is 11.2. The lowest BCUT2D eigenvalue weighted by atomic mass is 10.0. The third-order valence-electron chi connectivity index (χ3n) is 11.2. The number of hydrogen-bond donors (Lipinski definition) is 0. The zero-order valence-electron chi connectivity index (χ0n) is 30.5. The van der Waals surface area contributed by atoms with E-state index >= 15 is 0 Å². The molecule has 0 aliphatic carbocycles. The zero-order chi connectivity index (χ0) is 37.5. The molecule has 6 nitrogen and oxygen atoms in total. The molecule has 0 saturated carbocycles. The predicted octanol–water partition coefficient (Wildman–Crippen LogP) is 13.0. The molecule has 57 heavy (non-hydrogen) atoms. The van der Waals surface area contributed by atoms with Crippen molar-refractivity contribution in [1.82, 2.24) is 24.1 Å². The van der Waals surface area contributed by atoms with Crippen LogP contribution in [0.1, 0.15) is 0 Å². The zero-order valence-corrected chi connectivity index (χ0v) is 30.5. The van der Waals surface area contributed by atoms with Crippen LogP contribution in [0.3, 0.4) is 0 Å². The van der Waals surface area contributed by atoms with Gasteiger partial charge in [-0.25, -0.2) is 4.98 Å². The van der Waals surface area contributed by atoms with Gasteiger partial charge in [0.1, 0.15) is 11.2 Å². The molecule has 4 aromatic heterocycles. The number of aromatic nitrogens is 5. The Hall–Kier alpha value is -7.83. The van der Waals surface area contributed by atoms with E-state index in [-0.39, 0.29) is 0 Å². The van der Waals surface area contributed by atoms with Gasteiger partial charge in [-0.05, 0) is 48.0 Å². The molecule has 0 aliphatic heterocycles. The minimum atomic E-state index is 0.546. The van der Waals surface area contributed by atoms with E-state index in [1.165, 1.54) is 0 Å². The van der Waals surface area contributed by atoms with Crippen molar-refractivity contribution in [2.24, 2.45) is 0 Å². The van der Waals surface area contributed by atoms with Crippen molar-refractivity contribution in [3.63, 3.8) is 0 Å². The molecule has 6 heteroatoms. The molecule has 0 N–H and O–H groups in total. The molecular weight excluding hydrogens is 699 g/mol. The molecule has 8 aromatic carbocycles. The van der Waals surface area contributed by atoms with E-state index in [2.05, 4.69) is 161 Å². The van der Waals surface area contributed by atoms with Crippen molar-refractivity contribution < 1.29 is 4.42 Å². The van der Waals surface area contributed by atoms with Gasteiger partial charge in [0, 0.05) is 54.7 Å². The van der Waals surface area contributed by atoms with Crippen LogP contribution in [0.15, 0.2) is 192 Å². The van der Waals surface area contributed by atoms with Gasteiger partial charge >= 0.3 is 0 Å². The summed E-state index contributed by atoms with van der Waals surface area (Å²) in [6.45, 7) is 0. The molecule has 0 aliphatic rings. The normalized spacial score (nSPS) is 11.9. The van der Waals surface area contributed by atoms with Crippen LogP contribution >= 0.6 is 0 Å². The second kappa shape index (κ2) is 12.3. The molecule has 0 atom stereocenters. The number of nitrogens with zero attached hydrogens (tertiary/aromatic N) is 5. The summed E-state index contributed by atoms with van der Waals surface area (Å²) in [4.78, 5) is 15.8. The second-order valence-electron chi connectivity index (χ2n) is 14.4. The first-order valence-electron chi connectivity index (χ1n) is 19.1. The molecule has 0 unspecified atom stereocenters. The molecule has 0 radical (unpaired) electrons. The van der Waals surface area contributed by atoms with Gasteiger partial charge in [0.2, 0.25) is 5.95 Å². The summed E-state index contributed by atoms with van der Waals surface area (Å²) in [7, 11) is 0. The van der Waals surface area contributed by atoms with Crippen LogP contribution < -0.4 is 0 Å². The lowest BCUT2D eigenvalue weighted by Gasteiger charge is -2.12. The Bertz CT molecular complexity index is 3510. The summed E-state index contributed by atoms with van der Waals surface area (Å²) in [6.07, 6.45) is 0. The average molecular weight is 730 g/mol. The molecule has 12 aromatic rings. The highest BCUT2D eigenvalue weighted by Crippen LogP contribution is 2.42. The van der Waals surface area contributed by atoms with Crippen molar-refractivity contribution in [2.75, 3.05) is 0 Å². The molecular formula is C51H31N5O. The number of fused-ring (bicyclic) bond motifs is 10. The summed E-state index contributed by atoms with van der Waals surface area (Å²) in [5.41, 5.74) is 11.0. The Morgan fingerprint density at radius 2 is 1.00 bits per heavy atom. The summed E-state index contributed by atoms with van der Waals surface area (Å²) >= 11 is 0. The molecule has 4 heterocycles. The first-order chi connectivity index (χ1) is 28.3. The predicted molar refractivity (Wildman–Crippen MR) is 232 cm³/mol. The highest BCUT2D eigenvalue weighted by Gasteiger charge is 2.23. The maximum atomic E-state index is 6.68. The van der Waals surface area contributed by atoms with Crippen LogP contribution in [-0.2, 0) is 0 Å². The minimum Gasteiger partial charge on any atom is -0.455 e. The van der Waals surface area contributed by atoms with Crippen molar-refractivity contribution in [2.45, 2.75) is 0 Å². The van der Waals surface area contributed by atoms with E-state index in [0.717, 1.165) is 93.5 Å². The molecule has 0 saturated heterocycles. The molecule has 0 amide bonds. The van der Waals surface area contributed by atoms with Crippen LogP contribution in [0.5, 0.6) is 0 Å². The van der Waals surface area contributed by atoms with Gasteiger partial charge in [-0.3, -0.25) is 4.57 Å². The number of rotatable bonds is 5. The SMILES string of the molecule is c1ccc(-c2nc(-c3ccc4c(c3)oc3c(-c5ccccc5)cccc34)nc(-n3c4ccccc4c4ccc5c(c6ccccc6n5-c5ccccc5)c43)n2)cc1. The number of hydrogen-bond acceptors (Lipinski definition) is 4. The fraction of sp³-hybridized carbons (Fsp3) is 0. The van der Waals surface area contributed by atoms with Crippen molar-refractivity contribution >= 4 is 65.6 Å². The fourth-order valence-electron chi connectivity index (χ4n) is 8.66. The van der Waals surface area contributed by atoms with E-state index in [9.17, 15) is 0 Å². The second-order valence-corrected chi connectivity index (χ2v) is 14.4. The minimum absolute atomic E-state index is 0.546. The largest absolute Gasteiger partial charge is 0.455 e. The van der Waals surface area contributed by atoms with Gasteiger partial charge in [-0.15, -0.1) is 0 Å². The lowest BCUT2D eigenvalue weighted by molar-refractivity contribution is 0.670. The van der Waals surface area contributed by atoms with Gasteiger partial charge in [-0.2, -0.15) is 9.97 Å². The summed E-state index contributed by atoms with van der Waals surface area (Å²) in [5, 5.41) is 6.69. The van der Waals surface area contributed by atoms with E-state index < -0.39 is 0 Å². The van der Waals surface area contributed by atoms with E-state index in [0.29, 0.717) is 17.6 Å². The van der Waals surface area contributed by atoms with Gasteiger partial charge in [-0.1, -0.05) is 146 Å². The van der Waals surface area contributed by atoms with Crippen molar-refractivity contribution in [3.8, 4) is 45.5 Å².